The van der Waals surface area contributed by atoms with Crippen molar-refractivity contribution in [2.24, 2.45) is 39.9 Å². The average Bonchev–Trinajstić information content (AvgIpc) is 2.93. The zero-order chi connectivity index (χ0) is 18.9. The molecule has 138 valence electrons. The Kier molecular flexibility index (Phi) is 3.80. The number of nitriles is 1. The SMILES string of the molecule is CC1C2CC3(C#N)C(=O)OC(C2OC(=O)C(C(C)(C)C)C(C)(C)C)C13. The molecule has 0 amide bonds. The number of hydrogen-bond acceptors (Lipinski definition) is 5. The summed E-state index contributed by atoms with van der Waals surface area (Å²) in [6.07, 6.45) is -0.448. The van der Waals surface area contributed by atoms with Gasteiger partial charge in [0.25, 0.3) is 0 Å². The van der Waals surface area contributed by atoms with Gasteiger partial charge in [-0.3, -0.25) is 9.59 Å². The largest absolute Gasteiger partial charge is 0.458 e. The highest BCUT2D eigenvalue weighted by molar-refractivity contribution is 5.85. The van der Waals surface area contributed by atoms with Crippen molar-refractivity contribution in [2.75, 3.05) is 0 Å². The fourth-order valence-electron chi connectivity index (χ4n) is 5.97. The number of carbonyl (C=O) groups excluding carboxylic acids is 2. The summed E-state index contributed by atoms with van der Waals surface area (Å²) in [6.45, 7) is 14.3. The molecule has 0 aromatic rings. The summed E-state index contributed by atoms with van der Waals surface area (Å²) in [6, 6.07) is 2.21. The van der Waals surface area contributed by atoms with Crippen LogP contribution in [0.25, 0.3) is 0 Å². The van der Waals surface area contributed by atoms with Crippen LogP contribution >= 0.6 is 0 Å². The average molecular weight is 347 g/mol. The van der Waals surface area contributed by atoms with E-state index in [-0.39, 0.29) is 40.5 Å². The fraction of sp³-hybridized carbons (Fsp3) is 0.850. The molecule has 0 aromatic carbocycles. The standard InChI is InChI=1S/C20H29NO4/c1-10-11-8-20(9-21)12(10)14(25-17(20)23)13(11)24-16(22)15(18(2,3)4)19(5,6)7/h10-15H,8H2,1-7H3. The van der Waals surface area contributed by atoms with Crippen molar-refractivity contribution in [3.8, 4) is 6.07 Å². The van der Waals surface area contributed by atoms with Crippen molar-refractivity contribution in [1.29, 1.82) is 5.26 Å². The van der Waals surface area contributed by atoms with E-state index >= 15 is 0 Å². The highest BCUT2D eigenvalue weighted by Gasteiger charge is 2.75. The van der Waals surface area contributed by atoms with Crippen molar-refractivity contribution < 1.29 is 19.1 Å². The Hall–Kier alpha value is -1.57. The predicted molar refractivity (Wildman–Crippen MR) is 91.0 cm³/mol. The zero-order valence-electron chi connectivity index (χ0n) is 16.3. The van der Waals surface area contributed by atoms with Crippen molar-refractivity contribution in [1.82, 2.24) is 0 Å². The van der Waals surface area contributed by atoms with E-state index in [9.17, 15) is 14.9 Å². The quantitative estimate of drug-likeness (QED) is 0.716. The molecule has 3 fully saturated rings. The molecule has 25 heavy (non-hydrogen) atoms. The molecule has 2 bridgehead atoms. The molecular formula is C20H29NO4. The lowest BCUT2D eigenvalue weighted by atomic mass is 9.66. The predicted octanol–water partition coefficient (Wildman–Crippen LogP) is 3.33. The van der Waals surface area contributed by atoms with Gasteiger partial charge in [0.1, 0.15) is 12.2 Å². The van der Waals surface area contributed by atoms with Gasteiger partial charge < -0.3 is 9.47 Å². The fourth-order valence-corrected chi connectivity index (χ4v) is 5.97. The molecule has 6 atom stereocenters. The summed E-state index contributed by atoms with van der Waals surface area (Å²) in [5.74, 6) is -0.915. The number of rotatable bonds is 2. The maximum atomic E-state index is 13.1. The first-order valence-corrected chi connectivity index (χ1v) is 9.17. The molecule has 0 spiro atoms. The number of fused-ring (bicyclic) bond motifs is 1. The molecular weight excluding hydrogens is 318 g/mol. The van der Waals surface area contributed by atoms with E-state index in [0.717, 1.165) is 0 Å². The van der Waals surface area contributed by atoms with Crippen LogP contribution in [0.5, 0.6) is 0 Å². The number of ether oxygens (including phenoxy) is 2. The third-order valence-electron chi connectivity index (χ3n) is 6.50. The summed E-state index contributed by atoms with van der Waals surface area (Å²) in [4.78, 5) is 25.3. The summed E-state index contributed by atoms with van der Waals surface area (Å²) in [5, 5.41) is 9.56. The molecule has 1 aliphatic heterocycles. The minimum Gasteiger partial charge on any atom is -0.458 e. The number of nitrogens with zero attached hydrogens (tertiary/aromatic N) is 1. The molecule has 5 nitrogen and oxygen atoms in total. The molecule has 3 rings (SSSR count). The second kappa shape index (κ2) is 5.22. The summed E-state index contributed by atoms with van der Waals surface area (Å²) >= 11 is 0. The Labute approximate surface area is 150 Å². The normalized spacial score (nSPS) is 39.5. The van der Waals surface area contributed by atoms with Gasteiger partial charge in [-0.25, -0.2) is 0 Å². The number of esters is 2. The third kappa shape index (κ3) is 2.40. The molecule has 1 heterocycles. The van der Waals surface area contributed by atoms with E-state index in [1.165, 1.54) is 0 Å². The van der Waals surface area contributed by atoms with Crippen LogP contribution in [0.1, 0.15) is 54.9 Å². The van der Waals surface area contributed by atoms with Gasteiger partial charge >= 0.3 is 11.9 Å². The number of carbonyl (C=O) groups is 2. The van der Waals surface area contributed by atoms with E-state index in [1.807, 2.05) is 48.5 Å². The van der Waals surface area contributed by atoms with Crippen LogP contribution in [0, 0.1) is 51.2 Å². The number of hydrogen-bond donors (Lipinski definition) is 0. The highest BCUT2D eigenvalue weighted by atomic mass is 16.6. The lowest BCUT2D eigenvalue weighted by Crippen LogP contribution is -2.45. The monoisotopic (exact) mass is 347 g/mol. The minimum atomic E-state index is -1.02. The van der Waals surface area contributed by atoms with Crippen LogP contribution in [-0.4, -0.2) is 24.1 Å². The Morgan fingerprint density at radius 2 is 1.84 bits per heavy atom. The summed E-state index contributed by atoms with van der Waals surface area (Å²) in [5.41, 5.74) is -1.49. The smallest absolute Gasteiger partial charge is 0.327 e. The lowest BCUT2D eigenvalue weighted by molar-refractivity contribution is -0.173. The van der Waals surface area contributed by atoms with Crippen LogP contribution in [0.4, 0.5) is 0 Å². The second-order valence-electron chi connectivity index (χ2n) is 10.3. The van der Waals surface area contributed by atoms with Gasteiger partial charge in [-0.05, 0) is 23.2 Å². The molecule has 2 aliphatic carbocycles. The maximum absolute atomic E-state index is 13.1. The first-order valence-electron chi connectivity index (χ1n) is 9.17. The molecule has 0 radical (unpaired) electrons. The van der Waals surface area contributed by atoms with Crippen LogP contribution in [0.3, 0.4) is 0 Å². The van der Waals surface area contributed by atoms with E-state index < -0.39 is 23.6 Å². The Morgan fingerprint density at radius 3 is 2.32 bits per heavy atom. The Balaban J connectivity index is 1.85. The van der Waals surface area contributed by atoms with E-state index in [4.69, 9.17) is 9.47 Å². The van der Waals surface area contributed by atoms with Crippen molar-refractivity contribution in [2.45, 2.75) is 67.1 Å². The van der Waals surface area contributed by atoms with Gasteiger partial charge in [0, 0.05) is 11.8 Å². The van der Waals surface area contributed by atoms with E-state index in [1.54, 1.807) is 0 Å². The highest BCUT2D eigenvalue weighted by Crippen LogP contribution is 2.65. The van der Waals surface area contributed by atoms with Crippen LogP contribution < -0.4 is 0 Å². The van der Waals surface area contributed by atoms with E-state index in [0.29, 0.717) is 6.42 Å². The van der Waals surface area contributed by atoms with Gasteiger partial charge in [-0.2, -0.15) is 5.26 Å². The van der Waals surface area contributed by atoms with Gasteiger partial charge in [0.2, 0.25) is 0 Å². The molecule has 6 unspecified atom stereocenters. The Bertz CT molecular complexity index is 636. The third-order valence-corrected chi connectivity index (χ3v) is 6.50. The van der Waals surface area contributed by atoms with Crippen LogP contribution in [-0.2, 0) is 19.1 Å². The molecule has 1 saturated heterocycles. The van der Waals surface area contributed by atoms with Crippen LogP contribution in [0.2, 0.25) is 0 Å². The topological polar surface area (TPSA) is 76.4 Å². The van der Waals surface area contributed by atoms with Crippen molar-refractivity contribution >= 4 is 11.9 Å². The maximum Gasteiger partial charge on any atom is 0.327 e. The van der Waals surface area contributed by atoms with Crippen molar-refractivity contribution in [3.05, 3.63) is 0 Å². The summed E-state index contributed by atoms with van der Waals surface area (Å²) < 4.78 is 11.5. The lowest BCUT2D eigenvalue weighted by Gasteiger charge is -2.40. The molecule has 0 aromatic heterocycles. The second-order valence-corrected chi connectivity index (χ2v) is 10.3. The summed E-state index contributed by atoms with van der Waals surface area (Å²) in [7, 11) is 0. The van der Waals surface area contributed by atoms with Crippen LogP contribution in [0.15, 0.2) is 0 Å². The minimum absolute atomic E-state index is 0.0191. The first-order chi connectivity index (χ1) is 11.3. The van der Waals surface area contributed by atoms with Gasteiger partial charge in [-0.1, -0.05) is 48.5 Å². The van der Waals surface area contributed by atoms with Gasteiger partial charge in [0.05, 0.1) is 12.0 Å². The van der Waals surface area contributed by atoms with E-state index in [2.05, 4.69) is 6.07 Å². The van der Waals surface area contributed by atoms with Gasteiger partial charge in [-0.15, -0.1) is 0 Å². The first kappa shape index (κ1) is 18.2. The molecule has 2 saturated carbocycles. The van der Waals surface area contributed by atoms with Gasteiger partial charge in [0.15, 0.2) is 5.41 Å². The Morgan fingerprint density at radius 1 is 1.28 bits per heavy atom. The molecule has 0 N–H and O–H groups in total. The molecule has 3 aliphatic rings. The zero-order valence-corrected chi connectivity index (χ0v) is 16.3. The molecule has 5 heteroatoms. The van der Waals surface area contributed by atoms with Crippen molar-refractivity contribution in [3.63, 3.8) is 0 Å².